The topological polar surface area (TPSA) is 47.6 Å². The van der Waals surface area contributed by atoms with Crippen LogP contribution in [0.15, 0.2) is 0 Å². The van der Waals surface area contributed by atoms with Crippen molar-refractivity contribution >= 4 is 5.91 Å². The summed E-state index contributed by atoms with van der Waals surface area (Å²) in [5.41, 5.74) is 0. The Morgan fingerprint density at radius 3 is 2.94 bits per heavy atom. The number of carbonyl (C=O) groups excluding carboxylic acids is 1. The molecule has 2 unspecified atom stereocenters. The first-order valence-corrected chi connectivity index (χ1v) is 7.04. The molecule has 0 aliphatic carbocycles. The smallest absolute Gasteiger partial charge is 0.221 e. The van der Waals surface area contributed by atoms with E-state index >= 15 is 0 Å². The van der Waals surface area contributed by atoms with Crippen molar-refractivity contribution < 1.29 is 4.79 Å². The summed E-state index contributed by atoms with van der Waals surface area (Å²) in [5.74, 6) is 0.204. The molecule has 0 spiro atoms. The molecule has 0 aromatic carbocycles. The predicted octanol–water partition coefficient (Wildman–Crippen LogP) is -0.509. The van der Waals surface area contributed by atoms with Gasteiger partial charge in [0, 0.05) is 44.7 Å². The molecule has 0 radical (unpaired) electrons. The molecular weight excluding hydrogens is 228 g/mol. The number of nitrogens with zero attached hydrogens (tertiary/aromatic N) is 2. The Hall–Kier alpha value is -0.650. The van der Waals surface area contributed by atoms with E-state index < -0.39 is 0 Å². The van der Waals surface area contributed by atoms with E-state index in [4.69, 9.17) is 0 Å². The summed E-state index contributed by atoms with van der Waals surface area (Å²) in [6, 6.07) is 0.693. The van der Waals surface area contributed by atoms with Crippen molar-refractivity contribution in [2.75, 3.05) is 46.8 Å². The minimum Gasteiger partial charge on any atom is -0.352 e. The Bertz CT molecular complexity index is 284. The number of piperidine rings is 1. The Morgan fingerprint density at radius 2 is 2.22 bits per heavy atom. The molecular formula is C13H26N4O. The third-order valence-corrected chi connectivity index (χ3v) is 4.06. The predicted molar refractivity (Wildman–Crippen MR) is 72.6 cm³/mol. The highest BCUT2D eigenvalue weighted by atomic mass is 16.1. The van der Waals surface area contributed by atoms with E-state index in [-0.39, 0.29) is 5.91 Å². The lowest BCUT2D eigenvalue weighted by atomic mass is 10.1. The summed E-state index contributed by atoms with van der Waals surface area (Å²) >= 11 is 0. The maximum Gasteiger partial charge on any atom is 0.221 e. The van der Waals surface area contributed by atoms with Gasteiger partial charge in [-0.25, -0.2) is 0 Å². The lowest BCUT2D eigenvalue weighted by molar-refractivity contribution is -0.123. The van der Waals surface area contributed by atoms with E-state index in [2.05, 4.69) is 34.5 Å². The second-order valence-corrected chi connectivity index (χ2v) is 5.71. The van der Waals surface area contributed by atoms with Crippen LogP contribution in [0, 0.1) is 0 Å². The van der Waals surface area contributed by atoms with Crippen LogP contribution >= 0.6 is 0 Å². The fourth-order valence-electron chi connectivity index (χ4n) is 2.88. The van der Waals surface area contributed by atoms with Crippen LogP contribution in [0.4, 0.5) is 0 Å². The van der Waals surface area contributed by atoms with Gasteiger partial charge in [-0.15, -0.1) is 0 Å². The normalized spacial score (nSPS) is 31.2. The van der Waals surface area contributed by atoms with Crippen molar-refractivity contribution in [1.82, 2.24) is 20.4 Å². The Labute approximate surface area is 110 Å². The van der Waals surface area contributed by atoms with Crippen LogP contribution in [-0.2, 0) is 4.79 Å². The number of hydrogen-bond donors (Lipinski definition) is 2. The Kier molecular flexibility index (Phi) is 4.97. The van der Waals surface area contributed by atoms with Crippen molar-refractivity contribution in [3.05, 3.63) is 0 Å². The standard InChI is InChI=1S/C13H26N4O/c1-16-6-3-4-11(10-16)15-13(18)8-12-9-14-5-7-17(12)2/h11-12,14H,3-10H2,1-2H3,(H,15,18). The number of rotatable bonds is 3. The third-order valence-electron chi connectivity index (χ3n) is 4.06. The summed E-state index contributed by atoms with van der Waals surface area (Å²) in [6.07, 6.45) is 2.92. The fraction of sp³-hybridized carbons (Fsp3) is 0.923. The van der Waals surface area contributed by atoms with E-state index in [0.29, 0.717) is 18.5 Å². The van der Waals surface area contributed by atoms with Crippen LogP contribution < -0.4 is 10.6 Å². The van der Waals surface area contributed by atoms with Gasteiger partial charge in [0.25, 0.3) is 0 Å². The monoisotopic (exact) mass is 254 g/mol. The van der Waals surface area contributed by atoms with Crippen LogP contribution in [0.2, 0.25) is 0 Å². The van der Waals surface area contributed by atoms with Crippen molar-refractivity contribution in [2.45, 2.75) is 31.3 Å². The molecule has 2 fully saturated rings. The molecule has 2 heterocycles. The van der Waals surface area contributed by atoms with Gasteiger partial charge in [0.2, 0.25) is 5.91 Å². The van der Waals surface area contributed by atoms with Crippen molar-refractivity contribution in [3.8, 4) is 0 Å². The molecule has 18 heavy (non-hydrogen) atoms. The zero-order valence-corrected chi connectivity index (χ0v) is 11.6. The number of likely N-dealkylation sites (N-methyl/N-ethyl adjacent to an activating group) is 2. The summed E-state index contributed by atoms with van der Waals surface area (Å²) < 4.78 is 0. The molecule has 2 N–H and O–H groups in total. The molecule has 104 valence electrons. The minimum absolute atomic E-state index is 0.204. The molecule has 2 aliphatic rings. The molecule has 2 saturated heterocycles. The van der Waals surface area contributed by atoms with Crippen LogP contribution in [0.1, 0.15) is 19.3 Å². The number of piperazine rings is 1. The average molecular weight is 254 g/mol. The summed E-state index contributed by atoms with van der Waals surface area (Å²) in [7, 11) is 4.23. The van der Waals surface area contributed by atoms with Gasteiger partial charge in [-0.2, -0.15) is 0 Å². The van der Waals surface area contributed by atoms with Crippen LogP contribution in [0.3, 0.4) is 0 Å². The molecule has 5 heteroatoms. The van der Waals surface area contributed by atoms with Gasteiger partial charge in [-0.1, -0.05) is 0 Å². The molecule has 0 aromatic rings. The van der Waals surface area contributed by atoms with Crippen molar-refractivity contribution in [3.63, 3.8) is 0 Å². The van der Waals surface area contributed by atoms with E-state index in [0.717, 1.165) is 39.1 Å². The summed E-state index contributed by atoms with van der Waals surface area (Å²) in [5, 5.41) is 6.53. The largest absolute Gasteiger partial charge is 0.352 e. The van der Waals surface area contributed by atoms with Gasteiger partial charge in [0.1, 0.15) is 0 Å². The Balaban J connectivity index is 1.74. The molecule has 0 saturated carbocycles. The van der Waals surface area contributed by atoms with Crippen LogP contribution in [-0.4, -0.2) is 74.6 Å². The van der Waals surface area contributed by atoms with Crippen LogP contribution in [0.5, 0.6) is 0 Å². The molecule has 2 atom stereocenters. The number of nitrogens with one attached hydrogen (secondary N) is 2. The first-order chi connectivity index (χ1) is 8.65. The van der Waals surface area contributed by atoms with Gasteiger partial charge in [-0.05, 0) is 33.5 Å². The summed E-state index contributed by atoms with van der Waals surface area (Å²) in [6.45, 7) is 5.13. The molecule has 5 nitrogen and oxygen atoms in total. The number of amides is 1. The Morgan fingerprint density at radius 1 is 1.39 bits per heavy atom. The van der Waals surface area contributed by atoms with Gasteiger partial charge in [0.15, 0.2) is 0 Å². The second-order valence-electron chi connectivity index (χ2n) is 5.71. The molecule has 0 aromatic heterocycles. The van der Waals surface area contributed by atoms with Gasteiger partial charge in [-0.3, -0.25) is 4.79 Å². The van der Waals surface area contributed by atoms with Crippen molar-refractivity contribution in [1.29, 1.82) is 0 Å². The lowest BCUT2D eigenvalue weighted by Gasteiger charge is -2.34. The highest BCUT2D eigenvalue weighted by Crippen LogP contribution is 2.09. The zero-order chi connectivity index (χ0) is 13.0. The van der Waals surface area contributed by atoms with E-state index in [1.54, 1.807) is 0 Å². The van der Waals surface area contributed by atoms with Crippen LogP contribution in [0.25, 0.3) is 0 Å². The second kappa shape index (κ2) is 6.50. The molecule has 2 aliphatic heterocycles. The summed E-state index contributed by atoms with van der Waals surface area (Å²) in [4.78, 5) is 16.6. The molecule has 1 amide bonds. The van der Waals surface area contributed by atoms with E-state index in [1.807, 2.05) is 0 Å². The number of carbonyl (C=O) groups is 1. The third kappa shape index (κ3) is 3.93. The van der Waals surface area contributed by atoms with Gasteiger partial charge in [0.05, 0.1) is 0 Å². The maximum atomic E-state index is 12.0. The van der Waals surface area contributed by atoms with Gasteiger partial charge < -0.3 is 20.4 Å². The van der Waals surface area contributed by atoms with E-state index in [9.17, 15) is 4.79 Å². The minimum atomic E-state index is 0.204. The molecule has 2 rings (SSSR count). The van der Waals surface area contributed by atoms with Crippen molar-refractivity contribution in [2.24, 2.45) is 0 Å². The average Bonchev–Trinajstić information content (AvgIpc) is 2.32. The SMILES string of the molecule is CN1CCCC(NC(=O)CC2CNCCN2C)C1. The lowest BCUT2D eigenvalue weighted by Crippen LogP contribution is -2.52. The quantitative estimate of drug-likeness (QED) is 0.712. The zero-order valence-electron chi connectivity index (χ0n) is 11.6. The van der Waals surface area contributed by atoms with Gasteiger partial charge >= 0.3 is 0 Å². The highest BCUT2D eigenvalue weighted by molar-refractivity contribution is 5.77. The molecule has 0 bridgehead atoms. The first-order valence-electron chi connectivity index (χ1n) is 7.04. The highest BCUT2D eigenvalue weighted by Gasteiger charge is 2.24. The number of hydrogen-bond acceptors (Lipinski definition) is 4. The maximum absolute atomic E-state index is 12.0. The number of likely N-dealkylation sites (tertiary alicyclic amines) is 1. The fourth-order valence-corrected chi connectivity index (χ4v) is 2.88. The van der Waals surface area contributed by atoms with E-state index in [1.165, 1.54) is 6.42 Å². The first kappa shape index (κ1) is 13.8.